The van der Waals surface area contributed by atoms with Gasteiger partial charge in [0.15, 0.2) is 5.78 Å². The summed E-state index contributed by atoms with van der Waals surface area (Å²) in [6, 6.07) is 3.30. The predicted molar refractivity (Wildman–Crippen MR) is 77.6 cm³/mol. The van der Waals surface area contributed by atoms with Crippen LogP contribution in [0.15, 0.2) is 22.8 Å². The van der Waals surface area contributed by atoms with Gasteiger partial charge in [0.2, 0.25) is 0 Å². The molecule has 0 atom stereocenters. The number of carbonyl (C=O) groups is 1. The van der Waals surface area contributed by atoms with Crippen molar-refractivity contribution in [1.82, 2.24) is 14.8 Å². The Morgan fingerprint density at radius 1 is 1.47 bits per heavy atom. The molecule has 0 radical (unpaired) electrons. The molecular weight excluding hydrogens is 330 g/mol. The molecule has 0 aliphatic rings. The lowest BCUT2D eigenvalue weighted by Crippen LogP contribution is -2.11. The molecule has 2 aromatic heterocycles. The number of Topliss-reactive ketones (excluding diaryl/α,β-unsaturated/α-hetero) is 1. The molecule has 2 aromatic rings. The second-order valence-corrected chi connectivity index (χ2v) is 5.35. The Morgan fingerprint density at radius 2 is 2.21 bits per heavy atom. The fraction of sp³-hybridized carbons (Fsp3) is 0.308. The van der Waals surface area contributed by atoms with E-state index in [1.807, 2.05) is 18.5 Å². The standard InChI is InChI=1S/C13H13BrClN3O/c1-3-18-11(13(14)8(2)17-18)6-12(19)10-5-4-9(15)7-16-10/h4-5,7H,3,6H2,1-2H3. The monoisotopic (exact) mass is 341 g/mol. The first-order valence-electron chi connectivity index (χ1n) is 5.89. The van der Waals surface area contributed by atoms with Gasteiger partial charge in [-0.1, -0.05) is 11.6 Å². The van der Waals surface area contributed by atoms with Crippen LogP contribution in [0.25, 0.3) is 0 Å². The average molecular weight is 343 g/mol. The molecule has 2 heterocycles. The molecule has 0 fully saturated rings. The fourth-order valence-corrected chi connectivity index (χ4v) is 2.36. The van der Waals surface area contributed by atoms with Crippen LogP contribution in [0.3, 0.4) is 0 Å². The summed E-state index contributed by atoms with van der Waals surface area (Å²) in [5, 5.41) is 4.89. The van der Waals surface area contributed by atoms with Crippen molar-refractivity contribution in [3.63, 3.8) is 0 Å². The third-order valence-electron chi connectivity index (χ3n) is 2.79. The van der Waals surface area contributed by atoms with Gasteiger partial charge in [-0.15, -0.1) is 0 Å². The highest BCUT2D eigenvalue weighted by molar-refractivity contribution is 9.10. The third-order valence-corrected chi connectivity index (χ3v) is 4.05. The molecule has 0 aromatic carbocycles. The van der Waals surface area contributed by atoms with Crippen molar-refractivity contribution in [3.05, 3.63) is 44.9 Å². The number of carbonyl (C=O) groups excluding carboxylic acids is 1. The number of hydrogen-bond donors (Lipinski definition) is 0. The molecule has 100 valence electrons. The SMILES string of the molecule is CCn1nc(C)c(Br)c1CC(=O)c1ccc(Cl)cn1. The van der Waals surface area contributed by atoms with Crippen LogP contribution in [0.1, 0.15) is 28.8 Å². The van der Waals surface area contributed by atoms with E-state index in [2.05, 4.69) is 26.0 Å². The van der Waals surface area contributed by atoms with Crippen LogP contribution >= 0.6 is 27.5 Å². The van der Waals surface area contributed by atoms with E-state index in [0.29, 0.717) is 10.7 Å². The van der Waals surface area contributed by atoms with Gasteiger partial charge in [0.1, 0.15) is 5.69 Å². The lowest BCUT2D eigenvalue weighted by molar-refractivity contribution is 0.0985. The van der Waals surface area contributed by atoms with Crippen LogP contribution in [-0.4, -0.2) is 20.5 Å². The second-order valence-electron chi connectivity index (χ2n) is 4.12. The maximum Gasteiger partial charge on any atom is 0.187 e. The summed E-state index contributed by atoms with van der Waals surface area (Å²) in [7, 11) is 0. The average Bonchev–Trinajstić information content (AvgIpc) is 2.67. The topological polar surface area (TPSA) is 47.8 Å². The lowest BCUT2D eigenvalue weighted by atomic mass is 10.1. The molecule has 4 nitrogen and oxygen atoms in total. The molecule has 0 unspecified atom stereocenters. The highest BCUT2D eigenvalue weighted by atomic mass is 79.9. The van der Waals surface area contributed by atoms with Crippen LogP contribution in [0.4, 0.5) is 0 Å². The van der Waals surface area contributed by atoms with E-state index >= 15 is 0 Å². The Labute approximate surface area is 124 Å². The van der Waals surface area contributed by atoms with Gasteiger partial charge in [-0.2, -0.15) is 5.10 Å². The van der Waals surface area contributed by atoms with Crippen LogP contribution in [0.2, 0.25) is 5.02 Å². The van der Waals surface area contributed by atoms with Gasteiger partial charge in [-0.25, -0.2) is 0 Å². The summed E-state index contributed by atoms with van der Waals surface area (Å²) in [5.41, 5.74) is 2.17. The third kappa shape index (κ3) is 3.04. The van der Waals surface area contributed by atoms with Crippen molar-refractivity contribution in [1.29, 1.82) is 0 Å². The van der Waals surface area contributed by atoms with Crippen LogP contribution in [-0.2, 0) is 13.0 Å². The largest absolute Gasteiger partial charge is 0.292 e. The smallest absolute Gasteiger partial charge is 0.187 e. The molecule has 0 saturated heterocycles. The highest BCUT2D eigenvalue weighted by Crippen LogP contribution is 2.22. The number of pyridine rings is 1. The Morgan fingerprint density at radius 3 is 2.79 bits per heavy atom. The lowest BCUT2D eigenvalue weighted by Gasteiger charge is -2.04. The highest BCUT2D eigenvalue weighted by Gasteiger charge is 2.17. The normalized spacial score (nSPS) is 10.7. The fourth-order valence-electron chi connectivity index (χ4n) is 1.82. The summed E-state index contributed by atoms with van der Waals surface area (Å²) in [5.74, 6) is -0.0491. The zero-order valence-electron chi connectivity index (χ0n) is 10.7. The van der Waals surface area contributed by atoms with Crippen molar-refractivity contribution in [2.24, 2.45) is 0 Å². The van der Waals surface area contributed by atoms with Crippen molar-refractivity contribution in [2.75, 3.05) is 0 Å². The van der Waals surface area contributed by atoms with E-state index in [1.165, 1.54) is 6.20 Å². The van der Waals surface area contributed by atoms with Crippen molar-refractivity contribution in [2.45, 2.75) is 26.8 Å². The van der Waals surface area contributed by atoms with Crippen LogP contribution in [0.5, 0.6) is 0 Å². The van der Waals surface area contributed by atoms with Gasteiger partial charge in [-0.3, -0.25) is 14.5 Å². The zero-order chi connectivity index (χ0) is 14.0. The maximum absolute atomic E-state index is 12.2. The summed E-state index contributed by atoms with van der Waals surface area (Å²) >= 11 is 9.23. The quantitative estimate of drug-likeness (QED) is 0.800. The van der Waals surface area contributed by atoms with E-state index in [-0.39, 0.29) is 12.2 Å². The van der Waals surface area contributed by atoms with Gasteiger partial charge in [-0.05, 0) is 41.9 Å². The number of aryl methyl sites for hydroxylation is 2. The van der Waals surface area contributed by atoms with E-state index < -0.39 is 0 Å². The molecule has 0 aliphatic carbocycles. The Balaban J connectivity index is 2.26. The van der Waals surface area contributed by atoms with Crippen LogP contribution in [0, 0.1) is 6.92 Å². The van der Waals surface area contributed by atoms with Crippen molar-refractivity contribution < 1.29 is 4.79 Å². The van der Waals surface area contributed by atoms with Gasteiger partial charge in [0, 0.05) is 12.7 Å². The molecular formula is C13H13BrClN3O. The predicted octanol–water partition coefficient (Wildman–Crippen LogP) is 3.45. The Bertz CT molecular complexity index is 607. The number of hydrogen-bond acceptors (Lipinski definition) is 3. The molecule has 0 bridgehead atoms. The molecule has 0 saturated carbocycles. The maximum atomic E-state index is 12.2. The minimum atomic E-state index is -0.0491. The number of ketones is 1. The number of aromatic nitrogens is 3. The molecule has 0 N–H and O–H groups in total. The summed E-state index contributed by atoms with van der Waals surface area (Å²) in [6.45, 7) is 4.63. The number of nitrogens with zero attached hydrogens (tertiary/aromatic N) is 3. The van der Waals surface area contributed by atoms with Crippen molar-refractivity contribution >= 4 is 33.3 Å². The Kier molecular flexibility index (Phi) is 4.37. The molecule has 19 heavy (non-hydrogen) atoms. The minimum Gasteiger partial charge on any atom is -0.292 e. The van der Waals surface area contributed by atoms with Gasteiger partial charge >= 0.3 is 0 Å². The second kappa shape index (κ2) is 5.84. The van der Waals surface area contributed by atoms with Crippen molar-refractivity contribution in [3.8, 4) is 0 Å². The van der Waals surface area contributed by atoms with E-state index in [9.17, 15) is 4.79 Å². The number of halogens is 2. The first-order chi connectivity index (χ1) is 9.02. The van der Waals surface area contributed by atoms with Gasteiger partial charge in [0.05, 0.1) is 27.3 Å². The van der Waals surface area contributed by atoms with E-state index in [1.54, 1.807) is 12.1 Å². The van der Waals surface area contributed by atoms with Crippen LogP contribution < -0.4 is 0 Å². The summed E-state index contributed by atoms with van der Waals surface area (Å²) < 4.78 is 2.71. The zero-order valence-corrected chi connectivity index (χ0v) is 13.0. The first-order valence-corrected chi connectivity index (χ1v) is 7.06. The van der Waals surface area contributed by atoms with E-state index in [4.69, 9.17) is 11.6 Å². The summed E-state index contributed by atoms with van der Waals surface area (Å²) in [6.07, 6.45) is 1.75. The minimum absolute atomic E-state index is 0.0491. The summed E-state index contributed by atoms with van der Waals surface area (Å²) in [4.78, 5) is 16.2. The van der Waals surface area contributed by atoms with Gasteiger partial charge < -0.3 is 0 Å². The Hall–Kier alpha value is -1.20. The molecule has 0 aliphatic heterocycles. The molecule has 6 heteroatoms. The van der Waals surface area contributed by atoms with E-state index in [0.717, 1.165) is 22.4 Å². The number of rotatable bonds is 4. The first kappa shape index (κ1) is 14.2. The molecule has 0 spiro atoms. The molecule has 0 amide bonds. The van der Waals surface area contributed by atoms with Gasteiger partial charge in [0.25, 0.3) is 0 Å². The molecule has 2 rings (SSSR count).